The molecule has 0 aliphatic heterocycles. The van der Waals surface area contributed by atoms with E-state index in [2.05, 4.69) is 32.5 Å². The van der Waals surface area contributed by atoms with Crippen molar-refractivity contribution in [2.24, 2.45) is 5.73 Å². The van der Waals surface area contributed by atoms with Crippen LogP contribution in [0.15, 0.2) is 30.7 Å². The van der Waals surface area contributed by atoms with Crippen molar-refractivity contribution >= 4 is 17.4 Å². The number of nitrogens with zero attached hydrogens (tertiary/aromatic N) is 5. The molecule has 0 aromatic carbocycles. The zero-order valence-electron chi connectivity index (χ0n) is 16.3. The summed E-state index contributed by atoms with van der Waals surface area (Å²) in [5.74, 6) is 1.50. The van der Waals surface area contributed by atoms with Crippen LogP contribution in [0.25, 0.3) is 16.9 Å². The van der Waals surface area contributed by atoms with Crippen molar-refractivity contribution in [2.75, 3.05) is 17.2 Å². The zero-order chi connectivity index (χ0) is 19.3. The average Bonchev–Trinajstić information content (AvgIpc) is 3.14. The Bertz CT molecular complexity index is 896. The predicted molar refractivity (Wildman–Crippen MR) is 111 cm³/mol. The Morgan fingerprint density at radius 1 is 1.07 bits per heavy atom. The van der Waals surface area contributed by atoms with Crippen LogP contribution >= 0.6 is 0 Å². The second-order valence-corrected chi connectivity index (χ2v) is 7.46. The molecule has 1 aliphatic rings. The van der Waals surface area contributed by atoms with Gasteiger partial charge in [0.2, 0.25) is 5.95 Å². The van der Waals surface area contributed by atoms with Crippen molar-refractivity contribution in [3.63, 3.8) is 0 Å². The third-order valence-electron chi connectivity index (χ3n) is 5.25. The lowest BCUT2D eigenvalue weighted by atomic mass is 9.92. The Balaban J connectivity index is 1.51. The molecule has 0 atom stereocenters. The molecule has 1 fully saturated rings. The van der Waals surface area contributed by atoms with Crippen molar-refractivity contribution in [2.45, 2.75) is 57.5 Å². The topological polar surface area (TPSA) is 106 Å². The Morgan fingerprint density at radius 2 is 1.86 bits per heavy atom. The molecule has 1 aliphatic carbocycles. The van der Waals surface area contributed by atoms with Gasteiger partial charge in [-0.2, -0.15) is 0 Å². The van der Waals surface area contributed by atoms with Crippen molar-refractivity contribution in [1.82, 2.24) is 24.6 Å². The van der Waals surface area contributed by atoms with Gasteiger partial charge in [-0.05, 0) is 44.2 Å². The van der Waals surface area contributed by atoms with Crippen LogP contribution < -0.4 is 16.4 Å². The van der Waals surface area contributed by atoms with E-state index in [1.54, 1.807) is 0 Å². The van der Waals surface area contributed by atoms with Crippen molar-refractivity contribution in [1.29, 1.82) is 0 Å². The standard InChI is InChI=1S/C20H28N8/c1-2-3-10-22-20-24-11-14(12-25-20)17-13-23-19-9-8-18(27-28(17)19)26-16-6-4-15(21)5-7-16/h8-9,11-13,15-16H,2-7,10,21H2,1H3,(H,26,27)(H,22,24,25)/t15-,16-. The lowest BCUT2D eigenvalue weighted by Gasteiger charge is -2.27. The second-order valence-electron chi connectivity index (χ2n) is 7.46. The molecular weight excluding hydrogens is 352 g/mol. The SMILES string of the molecule is CCCCNc1ncc(-c2cnc3ccc(N[C@H]4CC[C@H](N)CC4)nn23)cn1. The molecule has 8 heteroatoms. The smallest absolute Gasteiger partial charge is 0.222 e. The van der Waals surface area contributed by atoms with Gasteiger partial charge in [0, 0.05) is 36.6 Å². The number of anilines is 2. The Labute approximate surface area is 165 Å². The summed E-state index contributed by atoms with van der Waals surface area (Å²) in [4.78, 5) is 13.3. The van der Waals surface area contributed by atoms with Gasteiger partial charge in [0.05, 0.1) is 11.9 Å². The Kier molecular flexibility index (Phi) is 5.66. The highest BCUT2D eigenvalue weighted by Crippen LogP contribution is 2.23. The summed E-state index contributed by atoms with van der Waals surface area (Å²) >= 11 is 0. The van der Waals surface area contributed by atoms with Gasteiger partial charge in [0.25, 0.3) is 0 Å². The molecule has 0 unspecified atom stereocenters. The van der Waals surface area contributed by atoms with Crippen LogP contribution in [0.4, 0.5) is 11.8 Å². The van der Waals surface area contributed by atoms with Gasteiger partial charge in [-0.1, -0.05) is 13.3 Å². The summed E-state index contributed by atoms with van der Waals surface area (Å²) in [6.45, 7) is 3.05. The molecule has 148 valence electrons. The quantitative estimate of drug-likeness (QED) is 0.541. The van der Waals surface area contributed by atoms with Gasteiger partial charge in [-0.15, -0.1) is 5.10 Å². The van der Waals surface area contributed by atoms with Gasteiger partial charge in [0.15, 0.2) is 5.65 Å². The maximum absolute atomic E-state index is 6.01. The first-order chi connectivity index (χ1) is 13.7. The molecule has 0 radical (unpaired) electrons. The van der Waals surface area contributed by atoms with Crippen molar-refractivity contribution in [3.05, 3.63) is 30.7 Å². The fraction of sp³-hybridized carbons (Fsp3) is 0.500. The molecule has 4 N–H and O–H groups in total. The summed E-state index contributed by atoms with van der Waals surface area (Å²) in [6.07, 6.45) is 12.0. The van der Waals surface area contributed by atoms with Crippen LogP contribution in [-0.2, 0) is 0 Å². The highest BCUT2D eigenvalue weighted by atomic mass is 15.3. The molecule has 1 saturated carbocycles. The van der Waals surface area contributed by atoms with Crippen LogP contribution in [-0.4, -0.2) is 43.2 Å². The van der Waals surface area contributed by atoms with E-state index < -0.39 is 0 Å². The predicted octanol–water partition coefficient (Wildman–Crippen LogP) is 3.08. The Morgan fingerprint density at radius 3 is 2.61 bits per heavy atom. The first-order valence-corrected chi connectivity index (χ1v) is 10.2. The molecule has 0 bridgehead atoms. The summed E-state index contributed by atoms with van der Waals surface area (Å²) in [5.41, 5.74) is 8.58. The molecule has 3 aromatic rings. The molecule has 8 nitrogen and oxygen atoms in total. The van der Waals surface area contributed by atoms with Crippen LogP contribution in [0.1, 0.15) is 45.4 Å². The zero-order valence-corrected chi connectivity index (χ0v) is 16.3. The minimum Gasteiger partial charge on any atom is -0.366 e. The summed E-state index contributed by atoms with van der Waals surface area (Å²) in [5, 5.41) is 11.5. The minimum absolute atomic E-state index is 0.341. The minimum atomic E-state index is 0.341. The number of imidazole rings is 1. The number of hydrogen-bond acceptors (Lipinski definition) is 7. The van der Waals surface area contributed by atoms with E-state index in [0.717, 1.165) is 67.8 Å². The highest BCUT2D eigenvalue weighted by molar-refractivity contribution is 5.62. The maximum atomic E-state index is 6.01. The van der Waals surface area contributed by atoms with Crippen LogP contribution in [0.3, 0.4) is 0 Å². The van der Waals surface area contributed by atoms with Gasteiger partial charge >= 0.3 is 0 Å². The Hall–Kier alpha value is -2.74. The second kappa shape index (κ2) is 8.52. The van der Waals surface area contributed by atoms with Gasteiger partial charge < -0.3 is 16.4 Å². The monoisotopic (exact) mass is 380 g/mol. The van der Waals surface area contributed by atoms with Gasteiger partial charge in [0.1, 0.15) is 5.82 Å². The first kappa shape index (κ1) is 18.6. The molecule has 3 heterocycles. The van der Waals surface area contributed by atoms with E-state index in [-0.39, 0.29) is 0 Å². The fourth-order valence-corrected chi connectivity index (χ4v) is 3.55. The third kappa shape index (κ3) is 4.22. The number of hydrogen-bond donors (Lipinski definition) is 3. The summed E-state index contributed by atoms with van der Waals surface area (Å²) < 4.78 is 1.85. The average molecular weight is 381 g/mol. The molecular formula is C20H28N8. The number of nitrogens with one attached hydrogen (secondary N) is 2. The number of nitrogens with two attached hydrogens (primary N) is 1. The maximum Gasteiger partial charge on any atom is 0.222 e. The fourth-order valence-electron chi connectivity index (χ4n) is 3.55. The molecule has 28 heavy (non-hydrogen) atoms. The van der Waals surface area contributed by atoms with Crippen LogP contribution in [0.5, 0.6) is 0 Å². The van der Waals surface area contributed by atoms with Crippen LogP contribution in [0.2, 0.25) is 0 Å². The normalized spacial score (nSPS) is 19.6. The van der Waals surface area contributed by atoms with E-state index in [1.807, 2.05) is 35.2 Å². The number of unbranched alkanes of at least 4 members (excludes halogenated alkanes) is 1. The van der Waals surface area contributed by atoms with E-state index >= 15 is 0 Å². The molecule has 4 rings (SSSR count). The van der Waals surface area contributed by atoms with Crippen molar-refractivity contribution < 1.29 is 0 Å². The number of fused-ring (bicyclic) bond motifs is 1. The molecule has 0 spiro atoms. The lowest BCUT2D eigenvalue weighted by Crippen LogP contribution is -2.33. The highest BCUT2D eigenvalue weighted by Gasteiger charge is 2.19. The van der Waals surface area contributed by atoms with Gasteiger partial charge in [-0.3, -0.25) is 0 Å². The lowest BCUT2D eigenvalue weighted by molar-refractivity contribution is 0.410. The molecule has 3 aromatic heterocycles. The van der Waals surface area contributed by atoms with Crippen molar-refractivity contribution in [3.8, 4) is 11.3 Å². The molecule has 0 amide bonds. The first-order valence-electron chi connectivity index (χ1n) is 10.2. The van der Waals surface area contributed by atoms with Gasteiger partial charge in [-0.25, -0.2) is 19.5 Å². The van der Waals surface area contributed by atoms with E-state index in [4.69, 9.17) is 10.8 Å². The van der Waals surface area contributed by atoms with E-state index in [1.165, 1.54) is 0 Å². The summed E-state index contributed by atoms with van der Waals surface area (Å²) in [6, 6.07) is 4.73. The number of aromatic nitrogens is 5. The molecule has 0 saturated heterocycles. The summed E-state index contributed by atoms with van der Waals surface area (Å²) in [7, 11) is 0. The third-order valence-corrected chi connectivity index (χ3v) is 5.25. The van der Waals surface area contributed by atoms with Crippen LogP contribution in [0, 0.1) is 0 Å². The largest absolute Gasteiger partial charge is 0.366 e. The number of rotatable bonds is 7. The van der Waals surface area contributed by atoms with E-state index in [0.29, 0.717) is 18.0 Å². The van der Waals surface area contributed by atoms with E-state index in [9.17, 15) is 0 Å².